The quantitative estimate of drug-likeness (QED) is 0.798. The first kappa shape index (κ1) is 13.0. The zero-order chi connectivity index (χ0) is 13.3. The van der Waals surface area contributed by atoms with E-state index in [0.717, 1.165) is 29.5 Å². The largest absolute Gasteiger partial charge is 0.330 e. The standard InChI is InChI=1S/C13H17ClN4/c1-5-18-7-6-15-13(18)10-9(4)11(14)17-12(16-10)8(2)3/h6-8H,5H2,1-4H3. The van der Waals surface area contributed by atoms with Crippen molar-refractivity contribution >= 4 is 11.6 Å². The molecule has 96 valence electrons. The summed E-state index contributed by atoms with van der Waals surface area (Å²) < 4.78 is 2.05. The van der Waals surface area contributed by atoms with E-state index in [1.54, 1.807) is 6.20 Å². The van der Waals surface area contributed by atoms with Crippen LogP contribution in [0.1, 0.15) is 38.1 Å². The van der Waals surface area contributed by atoms with Gasteiger partial charge in [-0.2, -0.15) is 0 Å². The molecule has 0 aliphatic rings. The van der Waals surface area contributed by atoms with Crippen molar-refractivity contribution in [1.82, 2.24) is 19.5 Å². The molecule has 0 fully saturated rings. The van der Waals surface area contributed by atoms with Gasteiger partial charge in [0.25, 0.3) is 0 Å². The van der Waals surface area contributed by atoms with Crippen LogP contribution in [0, 0.1) is 6.92 Å². The van der Waals surface area contributed by atoms with Crippen molar-refractivity contribution in [3.05, 3.63) is 28.9 Å². The maximum atomic E-state index is 6.19. The molecule has 0 atom stereocenters. The molecule has 18 heavy (non-hydrogen) atoms. The summed E-state index contributed by atoms with van der Waals surface area (Å²) in [5.74, 6) is 1.85. The summed E-state index contributed by atoms with van der Waals surface area (Å²) in [6.45, 7) is 8.96. The highest BCUT2D eigenvalue weighted by Crippen LogP contribution is 2.26. The molecule has 4 nitrogen and oxygen atoms in total. The molecule has 0 radical (unpaired) electrons. The SMILES string of the molecule is CCn1ccnc1-c1nc(C(C)C)nc(Cl)c1C. The molecule has 0 saturated carbocycles. The molecular weight excluding hydrogens is 248 g/mol. The molecule has 0 saturated heterocycles. The highest BCUT2D eigenvalue weighted by molar-refractivity contribution is 6.30. The summed E-state index contributed by atoms with van der Waals surface area (Å²) in [5, 5.41) is 0.509. The van der Waals surface area contributed by atoms with Crippen molar-refractivity contribution in [2.45, 2.75) is 40.2 Å². The van der Waals surface area contributed by atoms with Crippen LogP contribution < -0.4 is 0 Å². The van der Waals surface area contributed by atoms with Gasteiger partial charge >= 0.3 is 0 Å². The first-order valence-corrected chi connectivity index (χ1v) is 6.48. The molecule has 0 unspecified atom stereocenters. The molecule has 0 aliphatic carbocycles. The normalized spacial score (nSPS) is 11.2. The third-order valence-corrected chi connectivity index (χ3v) is 3.26. The fourth-order valence-corrected chi connectivity index (χ4v) is 1.94. The first-order chi connectivity index (χ1) is 8.54. The summed E-state index contributed by atoms with van der Waals surface area (Å²) in [6.07, 6.45) is 3.73. The smallest absolute Gasteiger partial charge is 0.159 e. The van der Waals surface area contributed by atoms with Crippen LogP contribution in [0.15, 0.2) is 12.4 Å². The van der Waals surface area contributed by atoms with Gasteiger partial charge in [-0.05, 0) is 13.8 Å². The summed E-state index contributed by atoms with van der Waals surface area (Å²) in [5.41, 5.74) is 1.70. The second-order valence-electron chi connectivity index (χ2n) is 4.54. The van der Waals surface area contributed by atoms with Crippen LogP contribution in [0.3, 0.4) is 0 Å². The number of aromatic nitrogens is 4. The molecule has 2 aromatic heterocycles. The number of rotatable bonds is 3. The molecule has 0 spiro atoms. The number of halogens is 1. The molecule has 2 aromatic rings. The number of hydrogen-bond donors (Lipinski definition) is 0. The summed E-state index contributed by atoms with van der Waals surface area (Å²) in [6, 6.07) is 0. The highest BCUT2D eigenvalue weighted by Gasteiger charge is 2.16. The molecule has 2 heterocycles. The van der Waals surface area contributed by atoms with Gasteiger partial charge in [0.2, 0.25) is 0 Å². The Morgan fingerprint density at radius 2 is 2.06 bits per heavy atom. The summed E-state index contributed by atoms with van der Waals surface area (Å²) in [4.78, 5) is 13.3. The van der Waals surface area contributed by atoms with Crippen LogP contribution in [-0.4, -0.2) is 19.5 Å². The topological polar surface area (TPSA) is 43.6 Å². The minimum absolute atomic E-state index is 0.242. The van der Waals surface area contributed by atoms with Crippen LogP contribution in [0.2, 0.25) is 5.15 Å². The van der Waals surface area contributed by atoms with E-state index < -0.39 is 0 Å². The van der Waals surface area contributed by atoms with Crippen LogP contribution in [0.5, 0.6) is 0 Å². The Balaban J connectivity index is 2.63. The number of aryl methyl sites for hydroxylation is 1. The molecule has 0 bridgehead atoms. The first-order valence-electron chi connectivity index (χ1n) is 6.10. The summed E-state index contributed by atoms with van der Waals surface area (Å²) >= 11 is 6.19. The Kier molecular flexibility index (Phi) is 3.66. The Bertz CT molecular complexity index is 560. The van der Waals surface area contributed by atoms with Crippen LogP contribution >= 0.6 is 11.6 Å². The van der Waals surface area contributed by atoms with Crippen LogP contribution in [0.25, 0.3) is 11.5 Å². The van der Waals surface area contributed by atoms with Gasteiger partial charge < -0.3 is 4.57 Å². The number of hydrogen-bond acceptors (Lipinski definition) is 3. The maximum Gasteiger partial charge on any atom is 0.159 e. The van der Waals surface area contributed by atoms with Crippen molar-refractivity contribution in [2.75, 3.05) is 0 Å². The van der Waals surface area contributed by atoms with Gasteiger partial charge in [0.05, 0.1) is 0 Å². The molecule has 2 rings (SSSR count). The zero-order valence-electron chi connectivity index (χ0n) is 11.1. The van der Waals surface area contributed by atoms with Gasteiger partial charge in [0.1, 0.15) is 16.7 Å². The van der Waals surface area contributed by atoms with Gasteiger partial charge in [-0.15, -0.1) is 0 Å². The summed E-state index contributed by atoms with van der Waals surface area (Å²) in [7, 11) is 0. The molecule has 0 amide bonds. The maximum absolute atomic E-state index is 6.19. The second-order valence-corrected chi connectivity index (χ2v) is 4.90. The predicted molar refractivity (Wildman–Crippen MR) is 72.8 cm³/mol. The van der Waals surface area contributed by atoms with Crippen molar-refractivity contribution in [2.24, 2.45) is 0 Å². The Labute approximate surface area is 112 Å². The van der Waals surface area contributed by atoms with E-state index in [2.05, 4.69) is 40.3 Å². The Hall–Kier alpha value is -1.42. The third kappa shape index (κ3) is 2.25. The van der Waals surface area contributed by atoms with E-state index in [0.29, 0.717) is 5.15 Å². The van der Waals surface area contributed by atoms with E-state index in [9.17, 15) is 0 Å². The molecule has 5 heteroatoms. The van der Waals surface area contributed by atoms with Crippen molar-refractivity contribution < 1.29 is 0 Å². The predicted octanol–water partition coefficient (Wildman–Crippen LogP) is 3.45. The monoisotopic (exact) mass is 264 g/mol. The molecule has 0 aliphatic heterocycles. The lowest BCUT2D eigenvalue weighted by Gasteiger charge is -2.11. The van der Waals surface area contributed by atoms with Crippen molar-refractivity contribution in [3.63, 3.8) is 0 Å². The molecular formula is C13H17ClN4. The molecule has 0 aromatic carbocycles. The lowest BCUT2D eigenvalue weighted by molar-refractivity contribution is 0.749. The van der Waals surface area contributed by atoms with E-state index in [1.165, 1.54) is 0 Å². The van der Waals surface area contributed by atoms with Crippen molar-refractivity contribution in [1.29, 1.82) is 0 Å². The number of nitrogens with zero attached hydrogens (tertiary/aromatic N) is 4. The fraction of sp³-hybridized carbons (Fsp3) is 0.462. The number of imidazole rings is 1. The minimum atomic E-state index is 0.242. The second kappa shape index (κ2) is 5.06. The van der Waals surface area contributed by atoms with Crippen LogP contribution in [0.4, 0.5) is 0 Å². The van der Waals surface area contributed by atoms with E-state index >= 15 is 0 Å². The third-order valence-electron chi connectivity index (χ3n) is 2.89. The van der Waals surface area contributed by atoms with Gasteiger partial charge in [0.15, 0.2) is 5.82 Å². The fourth-order valence-electron chi connectivity index (χ4n) is 1.76. The Morgan fingerprint density at radius 3 is 2.67 bits per heavy atom. The Morgan fingerprint density at radius 1 is 1.33 bits per heavy atom. The van der Waals surface area contributed by atoms with E-state index in [-0.39, 0.29) is 5.92 Å². The average molecular weight is 265 g/mol. The van der Waals surface area contributed by atoms with E-state index in [4.69, 9.17) is 11.6 Å². The van der Waals surface area contributed by atoms with Gasteiger partial charge in [-0.3, -0.25) is 0 Å². The lowest BCUT2D eigenvalue weighted by Crippen LogP contribution is -2.06. The average Bonchev–Trinajstić information content (AvgIpc) is 2.80. The van der Waals surface area contributed by atoms with Crippen molar-refractivity contribution in [3.8, 4) is 11.5 Å². The lowest BCUT2D eigenvalue weighted by atomic mass is 10.1. The molecule has 0 N–H and O–H groups in total. The zero-order valence-corrected chi connectivity index (χ0v) is 11.9. The van der Waals surface area contributed by atoms with E-state index in [1.807, 2.05) is 13.1 Å². The van der Waals surface area contributed by atoms with Crippen LogP contribution in [-0.2, 0) is 6.54 Å². The minimum Gasteiger partial charge on any atom is -0.330 e. The van der Waals surface area contributed by atoms with Gasteiger partial charge in [-0.25, -0.2) is 15.0 Å². The van der Waals surface area contributed by atoms with Gasteiger partial charge in [0, 0.05) is 30.4 Å². The highest BCUT2D eigenvalue weighted by atomic mass is 35.5. The van der Waals surface area contributed by atoms with Gasteiger partial charge in [-0.1, -0.05) is 25.4 Å².